The summed E-state index contributed by atoms with van der Waals surface area (Å²) in [6.45, 7) is 4.20. The molecule has 1 saturated heterocycles. The minimum Gasteiger partial charge on any atom is -0.493 e. The molecular weight excluding hydrogens is 310 g/mol. The Bertz CT molecular complexity index is 663. The summed E-state index contributed by atoms with van der Waals surface area (Å²) in [5.41, 5.74) is 1.63. The number of para-hydroxylation sites is 1. The van der Waals surface area contributed by atoms with Crippen molar-refractivity contribution in [1.82, 2.24) is 4.90 Å². The number of carboxylic acid groups (broad SMARTS) is 1. The van der Waals surface area contributed by atoms with Crippen molar-refractivity contribution in [2.24, 2.45) is 5.92 Å². The molecule has 1 aliphatic heterocycles. The van der Waals surface area contributed by atoms with Crippen LogP contribution < -0.4 is 9.47 Å². The lowest BCUT2D eigenvalue weighted by Crippen LogP contribution is -2.28. The van der Waals surface area contributed by atoms with Crippen LogP contribution in [0.2, 0.25) is 0 Å². The molecule has 130 valence electrons. The molecule has 0 saturated carbocycles. The van der Waals surface area contributed by atoms with E-state index in [4.69, 9.17) is 9.47 Å². The molecule has 1 fully saturated rings. The molecule has 1 heterocycles. The van der Waals surface area contributed by atoms with Gasteiger partial charge >= 0.3 is 5.97 Å². The molecule has 1 amide bonds. The predicted molar refractivity (Wildman–Crippen MR) is 89.4 cm³/mol. The largest absolute Gasteiger partial charge is 0.493 e. The van der Waals surface area contributed by atoms with Gasteiger partial charge < -0.3 is 19.5 Å². The minimum atomic E-state index is -0.919. The van der Waals surface area contributed by atoms with Gasteiger partial charge in [-0.25, -0.2) is 0 Å². The smallest absolute Gasteiger partial charge is 0.308 e. The van der Waals surface area contributed by atoms with Gasteiger partial charge in [-0.05, 0) is 19.9 Å². The number of rotatable bonds is 5. The van der Waals surface area contributed by atoms with E-state index < -0.39 is 11.9 Å². The molecule has 0 unspecified atom stereocenters. The fourth-order valence-electron chi connectivity index (χ4n) is 3.09. The molecule has 1 N–H and O–H groups in total. The number of nitrogens with zero attached hydrogens (tertiary/aromatic N) is 1. The van der Waals surface area contributed by atoms with Crippen LogP contribution in [0.1, 0.15) is 25.3 Å². The van der Waals surface area contributed by atoms with Gasteiger partial charge in [0.05, 0.1) is 20.1 Å². The van der Waals surface area contributed by atoms with Gasteiger partial charge in [0.1, 0.15) is 0 Å². The third-order valence-electron chi connectivity index (χ3n) is 4.19. The Kier molecular flexibility index (Phi) is 5.49. The Hall–Kier alpha value is -2.50. The topological polar surface area (TPSA) is 76.1 Å². The van der Waals surface area contributed by atoms with Gasteiger partial charge in [-0.3, -0.25) is 9.59 Å². The van der Waals surface area contributed by atoms with Crippen molar-refractivity contribution < 1.29 is 24.2 Å². The van der Waals surface area contributed by atoms with E-state index in [1.165, 1.54) is 20.3 Å². The number of methoxy groups -OCH3 is 2. The maximum Gasteiger partial charge on any atom is 0.308 e. The number of allylic oxidation sites excluding steroid dienone is 1. The van der Waals surface area contributed by atoms with Crippen molar-refractivity contribution >= 4 is 11.9 Å². The first kappa shape index (κ1) is 17.8. The first-order valence-corrected chi connectivity index (χ1v) is 7.76. The van der Waals surface area contributed by atoms with Crippen molar-refractivity contribution in [1.29, 1.82) is 0 Å². The first-order valence-electron chi connectivity index (χ1n) is 7.76. The fourth-order valence-corrected chi connectivity index (χ4v) is 3.09. The number of likely N-dealkylation sites (tertiary alicyclic amines) is 1. The predicted octanol–water partition coefficient (Wildman–Crippen LogP) is 2.30. The zero-order valence-corrected chi connectivity index (χ0v) is 14.4. The van der Waals surface area contributed by atoms with Crippen LogP contribution in [-0.4, -0.2) is 49.2 Å². The van der Waals surface area contributed by atoms with Crippen LogP contribution in [0, 0.1) is 5.92 Å². The third kappa shape index (κ3) is 3.53. The molecular formula is C18H23NO5. The van der Waals surface area contributed by atoms with Gasteiger partial charge in [0.15, 0.2) is 11.5 Å². The number of carbonyl (C=O) groups excluding carboxylic acids is 1. The average molecular weight is 333 g/mol. The standard InChI is InChI=1S/C18H23NO5/c1-11(2)8-16(20)19-9-13(14(10-19)18(21)22)12-6-5-7-15(23-3)17(12)24-4/h5-8,13-14H,9-10H2,1-4H3,(H,21,22)/t13-,14+/m0/s1. The van der Waals surface area contributed by atoms with Crippen molar-refractivity contribution in [2.75, 3.05) is 27.3 Å². The summed E-state index contributed by atoms with van der Waals surface area (Å²) >= 11 is 0. The zero-order chi connectivity index (χ0) is 17.9. The van der Waals surface area contributed by atoms with Crippen LogP contribution in [0.25, 0.3) is 0 Å². The molecule has 0 aromatic heterocycles. The number of carbonyl (C=O) groups is 2. The molecule has 2 atom stereocenters. The zero-order valence-electron chi connectivity index (χ0n) is 14.4. The summed E-state index contributed by atoms with van der Waals surface area (Å²) in [6, 6.07) is 5.40. The van der Waals surface area contributed by atoms with Crippen LogP contribution in [-0.2, 0) is 9.59 Å². The number of ether oxygens (including phenoxy) is 2. The maximum absolute atomic E-state index is 12.3. The highest BCUT2D eigenvalue weighted by Gasteiger charge is 2.41. The van der Waals surface area contributed by atoms with Crippen molar-refractivity contribution in [3.8, 4) is 11.5 Å². The quantitative estimate of drug-likeness (QED) is 0.837. The minimum absolute atomic E-state index is 0.161. The van der Waals surface area contributed by atoms with Gasteiger partial charge in [-0.2, -0.15) is 0 Å². The highest BCUT2D eigenvalue weighted by Crippen LogP contribution is 2.41. The van der Waals surface area contributed by atoms with Crippen molar-refractivity contribution in [3.05, 3.63) is 35.4 Å². The summed E-state index contributed by atoms with van der Waals surface area (Å²) < 4.78 is 10.7. The Morgan fingerprint density at radius 1 is 1.21 bits per heavy atom. The summed E-state index contributed by atoms with van der Waals surface area (Å²) in [5.74, 6) is -1.04. The summed E-state index contributed by atoms with van der Waals surface area (Å²) in [6.07, 6.45) is 1.53. The van der Waals surface area contributed by atoms with E-state index in [-0.39, 0.29) is 18.4 Å². The molecule has 1 aliphatic rings. The first-order chi connectivity index (χ1) is 11.4. The van der Waals surface area contributed by atoms with Crippen LogP contribution in [0.3, 0.4) is 0 Å². The average Bonchev–Trinajstić information content (AvgIpc) is 2.98. The highest BCUT2D eigenvalue weighted by molar-refractivity contribution is 5.89. The summed E-state index contributed by atoms with van der Waals surface area (Å²) in [7, 11) is 3.06. The highest BCUT2D eigenvalue weighted by atomic mass is 16.5. The molecule has 2 rings (SSSR count). The lowest BCUT2D eigenvalue weighted by atomic mass is 9.88. The van der Waals surface area contributed by atoms with E-state index in [1.807, 2.05) is 19.9 Å². The van der Waals surface area contributed by atoms with E-state index in [2.05, 4.69) is 0 Å². The van der Waals surface area contributed by atoms with Gasteiger partial charge in [0.25, 0.3) is 0 Å². The van der Waals surface area contributed by atoms with E-state index in [9.17, 15) is 14.7 Å². The second-order valence-corrected chi connectivity index (χ2v) is 6.10. The Morgan fingerprint density at radius 2 is 1.92 bits per heavy atom. The molecule has 24 heavy (non-hydrogen) atoms. The number of benzene rings is 1. The van der Waals surface area contributed by atoms with Crippen LogP contribution in [0.15, 0.2) is 29.8 Å². The fraction of sp³-hybridized carbons (Fsp3) is 0.444. The normalized spacial score (nSPS) is 19.8. The lowest BCUT2D eigenvalue weighted by Gasteiger charge is -2.20. The van der Waals surface area contributed by atoms with Gasteiger partial charge in [0, 0.05) is 30.6 Å². The molecule has 6 heteroatoms. The third-order valence-corrected chi connectivity index (χ3v) is 4.19. The van der Waals surface area contributed by atoms with Crippen LogP contribution in [0.5, 0.6) is 11.5 Å². The van der Waals surface area contributed by atoms with Crippen molar-refractivity contribution in [2.45, 2.75) is 19.8 Å². The number of carboxylic acids is 1. The molecule has 1 aromatic rings. The van der Waals surface area contributed by atoms with E-state index in [1.54, 1.807) is 17.0 Å². The summed E-state index contributed by atoms with van der Waals surface area (Å²) in [4.78, 5) is 25.6. The second kappa shape index (κ2) is 7.38. The second-order valence-electron chi connectivity index (χ2n) is 6.10. The summed E-state index contributed by atoms with van der Waals surface area (Å²) in [5, 5.41) is 9.59. The van der Waals surface area contributed by atoms with E-state index >= 15 is 0 Å². The molecule has 0 spiro atoms. The van der Waals surface area contributed by atoms with Gasteiger partial charge in [0.2, 0.25) is 5.91 Å². The molecule has 0 bridgehead atoms. The molecule has 0 radical (unpaired) electrons. The van der Waals surface area contributed by atoms with E-state index in [0.717, 1.165) is 11.1 Å². The van der Waals surface area contributed by atoms with Crippen LogP contribution >= 0.6 is 0 Å². The molecule has 6 nitrogen and oxygen atoms in total. The maximum atomic E-state index is 12.3. The van der Waals surface area contributed by atoms with E-state index in [0.29, 0.717) is 18.0 Å². The van der Waals surface area contributed by atoms with Gasteiger partial charge in [-0.15, -0.1) is 0 Å². The number of aliphatic carboxylic acids is 1. The Morgan fingerprint density at radius 3 is 2.46 bits per heavy atom. The van der Waals surface area contributed by atoms with Crippen LogP contribution in [0.4, 0.5) is 0 Å². The number of hydrogen-bond acceptors (Lipinski definition) is 4. The molecule has 1 aromatic carbocycles. The monoisotopic (exact) mass is 333 g/mol. The number of hydrogen-bond donors (Lipinski definition) is 1. The lowest BCUT2D eigenvalue weighted by molar-refractivity contribution is -0.141. The Balaban J connectivity index is 2.39. The Labute approximate surface area is 141 Å². The SMILES string of the molecule is COc1cccc([C@@H]2CN(C(=O)C=C(C)C)C[C@H]2C(=O)O)c1OC. The van der Waals surface area contributed by atoms with Crippen molar-refractivity contribution in [3.63, 3.8) is 0 Å². The van der Waals surface area contributed by atoms with Gasteiger partial charge in [-0.1, -0.05) is 17.7 Å². The number of amides is 1. The molecule has 0 aliphatic carbocycles.